The molecule has 1 aliphatic carbocycles. The van der Waals surface area contributed by atoms with E-state index in [9.17, 15) is 0 Å². The summed E-state index contributed by atoms with van der Waals surface area (Å²) in [5.74, 6) is 0.649. The van der Waals surface area contributed by atoms with Crippen LogP contribution in [0.1, 0.15) is 24.3 Å². The number of para-hydroxylation sites is 1. The summed E-state index contributed by atoms with van der Waals surface area (Å²) in [4.78, 5) is 0. The second-order valence-corrected chi connectivity index (χ2v) is 3.90. The highest BCUT2D eigenvalue weighted by Gasteiger charge is 2.30. The molecule has 0 unspecified atom stereocenters. The average molecular weight is 193 g/mol. The molecule has 1 saturated carbocycles. The molecule has 1 nitrogen and oxygen atoms in total. The third-order valence-electron chi connectivity index (χ3n) is 2.57. The first kappa shape index (κ1) is 7.45. The summed E-state index contributed by atoms with van der Waals surface area (Å²) in [5.41, 5.74) is 2.13. The molecule has 66 valence electrons. The minimum Gasteiger partial charge on any atom is -0.444 e. The average Bonchev–Trinajstić information content (AvgIpc) is 2.88. The molecule has 1 aromatic carbocycles. The van der Waals surface area contributed by atoms with E-state index < -0.39 is 0 Å². The van der Waals surface area contributed by atoms with E-state index in [4.69, 9.17) is 16.0 Å². The Hall–Kier alpha value is -0.950. The van der Waals surface area contributed by atoms with Crippen molar-refractivity contribution in [1.29, 1.82) is 0 Å². The lowest BCUT2D eigenvalue weighted by atomic mass is 10.1. The molecule has 0 saturated heterocycles. The molecule has 2 heteroatoms. The normalized spacial score (nSPS) is 16.7. The molecule has 0 amide bonds. The van der Waals surface area contributed by atoms with Crippen LogP contribution in [0.4, 0.5) is 0 Å². The molecular formula is C11H9ClO. The summed E-state index contributed by atoms with van der Waals surface area (Å²) in [6.45, 7) is 0. The number of benzene rings is 1. The van der Waals surface area contributed by atoms with Gasteiger partial charge in [-0.3, -0.25) is 0 Å². The molecule has 2 aromatic rings. The van der Waals surface area contributed by atoms with Gasteiger partial charge in [0, 0.05) is 10.9 Å². The van der Waals surface area contributed by atoms with Crippen molar-refractivity contribution in [2.75, 3.05) is 0 Å². The van der Waals surface area contributed by atoms with Crippen LogP contribution in [-0.2, 0) is 0 Å². The fourth-order valence-electron chi connectivity index (χ4n) is 1.79. The van der Waals surface area contributed by atoms with E-state index in [1.807, 2.05) is 18.2 Å². The van der Waals surface area contributed by atoms with Crippen LogP contribution in [-0.4, -0.2) is 0 Å². The molecule has 3 rings (SSSR count). The van der Waals surface area contributed by atoms with E-state index >= 15 is 0 Å². The van der Waals surface area contributed by atoms with Gasteiger partial charge in [-0.1, -0.05) is 18.2 Å². The van der Waals surface area contributed by atoms with Crippen LogP contribution in [0, 0.1) is 0 Å². The summed E-state index contributed by atoms with van der Waals surface area (Å²) < 4.78 is 5.47. The van der Waals surface area contributed by atoms with Gasteiger partial charge in [0.2, 0.25) is 0 Å². The Bertz CT molecular complexity index is 454. The van der Waals surface area contributed by atoms with Gasteiger partial charge in [-0.25, -0.2) is 0 Å². The largest absolute Gasteiger partial charge is 0.444 e. The highest BCUT2D eigenvalue weighted by molar-refractivity contribution is 6.31. The molecule has 0 atom stereocenters. The Kier molecular flexibility index (Phi) is 1.44. The molecule has 0 spiro atoms. The molecule has 1 aliphatic rings. The first-order valence-electron chi connectivity index (χ1n) is 4.53. The van der Waals surface area contributed by atoms with Crippen LogP contribution in [0.2, 0.25) is 5.22 Å². The maximum atomic E-state index is 6.04. The van der Waals surface area contributed by atoms with Gasteiger partial charge in [-0.2, -0.15) is 0 Å². The standard InChI is InChI=1S/C11H9ClO/c12-11-10(7-5-6-7)8-3-1-2-4-9(8)13-11/h1-4,7H,5-6H2. The lowest BCUT2D eigenvalue weighted by molar-refractivity contribution is 0.613. The number of furan rings is 1. The predicted molar refractivity (Wildman–Crippen MR) is 53.2 cm³/mol. The lowest BCUT2D eigenvalue weighted by Gasteiger charge is -1.92. The van der Waals surface area contributed by atoms with Crippen molar-refractivity contribution in [3.8, 4) is 0 Å². The van der Waals surface area contributed by atoms with E-state index in [2.05, 4.69) is 6.07 Å². The Morgan fingerprint density at radius 1 is 1.23 bits per heavy atom. The number of halogens is 1. The molecule has 1 aromatic heterocycles. The minimum absolute atomic E-state index is 0.587. The second-order valence-electron chi connectivity index (χ2n) is 3.56. The summed E-state index contributed by atoms with van der Waals surface area (Å²) in [5, 5.41) is 1.78. The first-order valence-corrected chi connectivity index (χ1v) is 4.91. The molecule has 1 heterocycles. The Morgan fingerprint density at radius 3 is 2.77 bits per heavy atom. The smallest absolute Gasteiger partial charge is 0.198 e. The Balaban J connectivity index is 2.35. The maximum Gasteiger partial charge on any atom is 0.198 e. The Morgan fingerprint density at radius 2 is 2.00 bits per heavy atom. The van der Waals surface area contributed by atoms with Crippen LogP contribution >= 0.6 is 11.6 Å². The predicted octanol–water partition coefficient (Wildman–Crippen LogP) is 3.96. The maximum absolute atomic E-state index is 6.04. The molecule has 13 heavy (non-hydrogen) atoms. The van der Waals surface area contributed by atoms with Crippen molar-refractivity contribution in [2.24, 2.45) is 0 Å². The lowest BCUT2D eigenvalue weighted by Crippen LogP contribution is -1.75. The van der Waals surface area contributed by atoms with Gasteiger partial charge in [0.1, 0.15) is 5.58 Å². The third kappa shape index (κ3) is 1.07. The van der Waals surface area contributed by atoms with Gasteiger partial charge in [0.05, 0.1) is 0 Å². The fourth-order valence-corrected chi connectivity index (χ4v) is 2.13. The Labute approximate surface area is 81.3 Å². The van der Waals surface area contributed by atoms with Gasteiger partial charge in [0.25, 0.3) is 0 Å². The fraction of sp³-hybridized carbons (Fsp3) is 0.273. The van der Waals surface area contributed by atoms with Crippen LogP contribution in [0.15, 0.2) is 28.7 Å². The van der Waals surface area contributed by atoms with Crippen molar-refractivity contribution < 1.29 is 4.42 Å². The number of fused-ring (bicyclic) bond motifs is 1. The van der Waals surface area contributed by atoms with E-state index in [1.54, 1.807) is 0 Å². The summed E-state index contributed by atoms with van der Waals surface area (Å²) in [6.07, 6.45) is 2.51. The topological polar surface area (TPSA) is 13.1 Å². The summed E-state index contributed by atoms with van der Waals surface area (Å²) in [6, 6.07) is 8.05. The minimum atomic E-state index is 0.587. The quantitative estimate of drug-likeness (QED) is 0.667. The van der Waals surface area contributed by atoms with Gasteiger partial charge >= 0.3 is 0 Å². The van der Waals surface area contributed by atoms with Crippen molar-refractivity contribution in [1.82, 2.24) is 0 Å². The van der Waals surface area contributed by atoms with Gasteiger partial charge < -0.3 is 4.42 Å². The van der Waals surface area contributed by atoms with Crippen molar-refractivity contribution >= 4 is 22.6 Å². The number of hydrogen-bond donors (Lipinski definition) is 0. The van der Waals surface area contributed by atoms with E-state index in [0.29, 0.717) is 11.1 Å². The molecule has 0 radical (unpaired) electrons. The molecule has 0 bridgehead atoms. The van der Waals surface area contributed by atoms with Crippen LogP contribution in [0.3, 0.4) is 0 Å². The van der Waals surface area contributed by atoms with Gasteiger partial charge in [-0.15, -0.1) is 0 Å². The number of hydrogen-bond acceptors (Lipinski definition) is 1. The molecule has 1 fully saturated rings. The van der Waals surface area contributed by atoms with Gasteiger partial charge in [0.15, 0.2) is 5.22 Å². The van der Waals surface area contributed by atoms with Crippen molar-refractivity contribution in [3.05, 3.63) is 35.0 Å². The van der Waals surface area contributed by atoms with Crippen molar-refractivity contribution in [3.63, 3.8) is 0 Å². The van der Waals surface area contributed by atoms with Crippen LogP contribution in [0.25, 0.3) is 11.0 Å². The van der Waals surface area contributed by atoms with E-state index in [1.165, 1.54) is 23.8 Å². The zero-order chi connectivity index (χ0) is 8.84. The monoisotopic (exact) mass is 192 g/mol. The van der Waals surface area contributed by atoms with Crippen LogP contribution < -0.4 is 0 Å². The zero-order valence-corrected chi connectivity index (χ0v) is 7.84. The molecule has 0 N–H and O–H groups in total. The van der Waals surface area contributed by atoms with Crippen LogP contribution in [0.5, 0.6) is 0 Å². The SMILES string of the molecule is Clc1oc2ccccc2c1C1CC1. The van der Waals surface area contributed by atoms with E-state index in [-0.39, 0.29) is 0 Å². The highest BCUT2D eigenvalue weighted by atomic mass is 35.5. The number of rotatable bonds is 1. The second kappa shape index (κ2) is 2.52. The highest BCUT2D eigenvalue weighted by Crippen LogP contribution is 2.47. The third-order valence-corrected chi connectivity index (χ3v) is 2.85. The first-order chi connectivity index (χ1) is 6.36. The molecular weight excluding hydrogens is 184 g/mol. The summed E-state index contributed by atoms with van der Waals surface area (Å²) >= 11 is 6.04. The van der Waals surface area contributed by atoms with E-state index in [0.717, 1.165) is 5.58 Å². The van der Waals surface area contributed by atoms with Crippen molar-refractivity contribution in [2.45, 2.75) is 18.8 Å². The summed E-state index contributed by atoms with van der Waals surface area (Å²) in [7, 11) is 0. The molecule has 0 aliphatic heterocycles. The van der Waals surface area contributed by atoms with Gasteiger partial charge in [-0.05, 0) is 36.4 Å². The zero-order valence-electron chi connectivity index (χ0n) is 7.09.